The molecular weight excluding hydrogens is 337 g/mol. The third-order valence-electron chi connectivity index (χ3n) is 4.16. The number of nitro benzene ring substituents is 1. The normalized spacial score (nSPS) is 17.8. The van der Waals surface area contributed by atoms with Crippen molar-refractivity contribution in [3.05, 3.63) is 69.8 Å². The first-order chi connectivity index (χ1) is 11.8. The summed E-state index contributed by atoms with van der Waals surface area (Å²) in [6.45, 7) is 0.205. The molecule has 5 nitrogen and oxygen atoms in total. The fourth-order valence-electron chi connectivity index (χ4n) is 2.95. The fraction of sp³-hybridized carbons (Fsp3) is 0.235. The predicted molar refractivity (Wildman–Crippen MR) is 84.3 cm³/mol. The standard InChI is InChI=1S/C17H13F3N2O3/c18-17(19,20)12-8-13(10-14(9-12)22(24)25)21-7-6-15(16(21)23)11-4-2-1-3-5-11/h1-5,8-10,15H,6-7H2. The maximum absolute atomic E-state index is 13.0. The highest BCUT2D eigenvalue weighted by atomic mass is 19.4. The first-order valence-electron chi connectivity index (χ1n) is 7.50. The van der Waals surface area contributed by atoms with Crippen molar-refractivity contribution in [3.8, 4) is 0 Å². The van der Waals surface area contributed by atoms with Crippen LogP contribution in [0.4, 0.5) is 24.5 Å². The molecular formula is C17H13F3N2O3. The Bertz CT molecular complexity index is 822. The number of nitro groups is 1. The summed E-state index contributed by atoms with van der Waals surface area (Å²) >= 11 is 0. The summed E-state index contributed by atoms with van der Waals surface area (Å²) in [6, 6.07) is 11.2. The maximum atomic E-state index is 13.0. The molecule has 0 bridgehead atoms. The average Bonchev–Trinajstić information content (AvgIpc) is 2.96. The van der Waals surface area contributed by atoms with Crippen LogP contribution in [0.15, 0.2) is 48.5 Å². The molecule has 2 aromatic rings. The van der Waals surface area contributed by atoms with Gasteiger partial charge in [-0.3, -0.25) is 14.9 Å². The van der Waals surface area contributed by atoms with Crippen molar-refractivity contribution in [2.75, 3.05) is 11.4 Å². The number of anilines is 1. The van der Waals surface area contributed by atoms with Crippen molar-refractivity contribution in [2.45, 2.75) is 18.5 Å². The number of rotatable bonds is 3. The molecule has 1 atom stereocenters. The molecule has 1 heterocycles. The highest BCUT2D eigenvalue weighted by Gasteiger charge is 2.37. The molecule has 1 aliphatic rings. The van der Waals surface area contributed by atoms with E-state index in [9.17, 15) is 28.1 Å². The molecule has 8 heteroatoms. The Morgan fingerprint density at radius 1 is 1.12 bits per heavy atom. The number of alkyl halides is 3. The zero-order valence-corrected chi connectivity index (χ0v) is 12.9. The van der Waals surface area contributed by atoms with Gasteiger partial charge in [0.15, 0.2) is 0 Å². The van der Waals surface area contributed by atoms with Crippen molar-refractivity contribution in [2.24, 2.45) is 0 Å². The van der Waals surface area contributed by atoms with Crippen LogP contribution in [0.5, 0.6) is 0 Å². The van der Waals surface area contributed by atoms with E-state index in [-0.39, 0.29) is 18.1 Å². The summed E-state index contributed by atoms with van der Waals surface area (Å²) in [5.41, 5.74) is -1.17. The van der Waals surface area contributed by atoms with Gasteiger partial charge in [0, 0.05) is 18.7 Å². The van der Waals surface area contributed by atoms with Gasteiger partial charge in [0.05, 0.1) is 22.1 Å². The van der Waals surface area contributed by atoms with Gasteiger partial charge in [0.25, 0.3) is 5.69 Å². The summed E-state index contributed by atoms with van der Waals surface area (Å²) in [4.78, 5) is 23.9. The van der Waals surface area contributed by atoms with E-state index < -0.39 is 28.3 Å². The summed E-state index contributed by atoms with van der Waals surface area (Å²) in [5, 5.41) is 10.9. The second-order valence-corrected chi connectivity index (χ2v) is 5.73. The first kappa shape index (κ1) is 16.9. The van der Waals surface area contributed by atoms with E-state index in [0.717, 1.165) is 17.7 Å². The molecule has 1 fully saturated rings. The van der Waals surface area contributed by atoms with E-state index in [1.165, 1.54) is 4.90 Å². The average molecular weight is 350 g/mol. The van der Waals surface area contributed by atoms with E-state index >= 15 is 0 Å². The van der Waals surface area contributed by atoms with Gasteiger partial charge in [-0.25, -0.2) is 0 Å². The van der Waals surface area contributed by atoms with Crippen LogP contribution < -0.4 is 4.90 Å². The molecule has 130 valence electrons. The molecule has 0 aliphatic carbocycles. The summed E-state index contributed by atoms with van der Waals surface area (Å²) in [5.74, 6) is -0.824. The zero-order valence-electron chi connectivity index (χ0n) is 12.9. The van der Waals surface area contributed by atoms with E-state index in [1.54, 1.807) is 30.3 Å². The first-order valence-corrected chi connectivity index (χ1v) is 7.50. The van der Waals surface area contributed by atoms with Crippen LogP contribution in [-0.2, 0) is 11.0 Å². The topological polar surface area (TPSA) is 63.5 Å². The maximum Gasteiger partial charge on any atom is 0.416 e. The van der Waals surface area contributed by atoms with E-state index in [1.807, 2.05) is 0 Å². The van der Waals surface area contributed by atoms with Crippen LogP contribution >= 0.6 is 0 Å². The van der Waals surface area contributed by atoms with Gasteiger partial charge < -0.3 is 4.90 Å². The summed E-state index contributed by atoms with van der Waals surface area (Å²) < 4.78 is 39.0. The monoisotopic (exact) mass is 350 g/mol. The molecule has 0 spiro atoms. The molecule has 2 aromatic carbocycles. The molecule has 1 saturated heterocycles. The lowest BCUT2D eigenvalue weighted by Gasteiger charge is -2.18. The molecule has 1 unspecified atom stereocenters. The van der Waals surface area contributed by atoms with Gasteiger partial charge in [-0.2, -0.15) is 13.2 Å². The SMILES string of the molecule is O=C1C(c2ccccc2)CCN1c1cc([N+](=O)[O-])cc(C(F)(F)F)c1. The van der Waals surface area contributed by atoms with E-state index in [0.29, 0.717) is 12.5 Å². The summed E-state index contributed by atoms with van der Waals surface area (Å²) in [6.07, 6.45) is -4.30. The largest absolute Gasteiger partial charge is 0.416 e. The van der Waals surface area contributed by atoms with Crippen molar-refractivity contribution < 1.29 is 22.9 Å². The minimum Gasteiger partial charge on any atom is -0.312 e. The molecule has 0 saturated carbocycles. The second kappa shape index (κ2) is 6.19. The number of carbonyl (C=O) groups excluding carboxylic acids is 1. The highest BCUT2D eigenvalue weighted by molar-refractivity contribution is 6.00. The zero-order chi connectivity index (χ0) is 18.2. The molecule has 1 amide bonds. The van der Waals surface area contributed by atoms with Gasteiger partial charge >= 0.3 is 6.18 Å². The number of hydrogen-bond acceptors (Lipinski definition) is 3. The third-order valence-corrected chi connectivity index (χ3v) is 4.16. The number of hydrogen-bond donors (Lipinski definition) is 0. The van der Waals surface area contributed by atoms with Gasteiger partial charge in [-0.1, -0.05) is 30.3 Å². The Balaban J connectivity index is 1.98. The van der Waals surface area contributed by atoms with Gasteiger partial charge in [0.2, 0.25) is 5.91 Å². The van der Waals surface area contributed by atoms with Crippen LogP contribution in [0.3, 0.4) is 0 Å². The fourth-order valence-corrected chi connectivity index (χ4v) is 2.95. The van der Waals surface area contributed by atoms with Crippen molar-refractivity contribution in [3.63, 3.8) is 0 Å². The van der Waals surface area contributed by atoms with Crippen LogP contribution in [0.25, 0.3) is 0 Å². The minimum absolute atomic E-state index is 0.107. The number of halogens is 3. The highest BCUT2D eigenvalue weighted by Crippen LogP contribution is 2.38. The number of benzene rings is 2. The number of carbonyl (C=O) groups is 1. The number of nitrogens with zero attached hydrogens (tertiary/aromatic N) is 2. The lowest BCUT2D eigenvalue weighted by atomic mass is 9.98. The smallest absolute Gasteiger partial charge is 0.312 e. The Hall–Kier alpha value is -2.90. The predicted octanol–water partition coefficient (Wildman–Crippen LogP) is 4.13. The van der Waals surface area contributed by atoms with Crippen LogP contribution in [0.2, 0.25) is 0 Å². The van der Waals surface area contributed by atoms with Crippen LogP contribution in [0.1, 0.15) is 23.5 Å². The third kappa shape index (κ3) is 3.33. The van der Waals surface area contributed by atoms with E-state index in [2.05, 4.69) is 0 Å². The molecule has 25 heavy (non-hydrogen) atoms. The number of non-ortho nitro benzene ring substituents is 1. The molecule has 1 aliphatic heterocycles. The Kier molecular flexibility index (Phi) is 4.20. The van der Waals surface area contributed by atoms with E-state index in [4.69, 9.17) is 0 Å². The quantitative estimate of drug-likeness (QED) is 0.617. The van der Waals surface area contributed by atoms with Gasteiger partial charge in [0.1, 0.15) is 0 Å². The molecule has 0 N–H and O–H groups in total. The van der Waals surface area contributed by atoms with Crippen LogP contribution in [0, 0.1) is 10.1 Å². The van der Waals surface area contributed by atoms with Crippen molar-refractivity contribution in [1.29, 1.82) is 0 Å². The lowest BCUT2D eigenvalue weighted by Crippen LogP contribution is -2.26. The Morgan fingerprint density at radius 3 is 2.40 bits per heavy atom. The van der Waals surface area contributed by atoms with Crippen LogP contribution in [-0.4, -0.2) is 17.4 Å². The minimum atomic E-state index is -4.73. The Morgan fingerprint density at radius 2 is 1.80 bits per heavy atom. The second-order valence-electron chi connectivity index (χ2n) is 5.73. The molecule has 0 aromatic heterocycles. The molecule has 3 rings (SSSR count). The van der Waals surface area contributed by atoms with Gasteiger partial charge in [-0.15, -0.1) is 0 Å². The van der Waals surface area contributed by atoms with Gasteiger partial charge in [-0.05, 0) is 18.1 Å². The summed E-state index contributed by atoms with van der Waals surface area (Å²) in [7, 11) is 0. The lowest BCUT2D eigenvalue weighted by molar-refractivity contribution is -0.385. The Labute approximate surface area is 140 Å². The van der Waals surface area contributed by atoms with Crippen molar-refractivity contribution in [1.82, 2.24) is 0 Å². The van der Waals surface area contributed by atoms with Crippen molar-refractivity contribution >= 4 is 17.3 Å². The molecule has 0 radical (unpaired) electrons. The number of amides is 1.